The van der Waals surface area contributed by atoms with E-state index in [0.717, 1.165) is 6.07 Å². The highest BCUT2D eigenvalue weighted by Gasteiger charge is 2.35. The number of anilines is 1. The summed E-state index contributed by atoms with van der Waals surface area (Å²) in [4.78, 5) is 17.0. The molecule has 2 aromatic rings. The molecule has 3 atom stereocenters. The van der Waals surface area contributed by atoms with Crippen molar-refractivity contribution >= 4 is 27.7 Å². The standard InChI is InChI=1S/C20H20BrF4N3O3/c1-10(12-3-2-4-14(17(12)22)20(23,24)25)27-19(30)13-7-11(21)8-26-18(13)28-15-9-31-6-5-16(15)29/h2-4,7-8,10,15-16,29H,5-6,9H2,1H3,(H,26,28)(H,27,30)/t10-,15-,16-/m1/s1. The first-order chi connectivity index (χ1) is 14.6. The molecule has 0 spiro atoms. The number of alkyl halides is 3. The van der Waals surface area contributed by atoms with Crippen molar-refractivity contribution in [3.8, 4) is 0 Å². The summed E-state index contributed by atoms with van der Waals surface area (Å²) in [6.07, 6.45) is -3.68. The molecule has 0 unspecified atom stereocenters. The van der Waals surface area contributed by atoms with Crippen LogP contribution in [0.1, 0.15) is 40.9 Å². The van der Waals surface area contributed by atoms with Gasteiger partial charge in [0.05, 0.1) is 35.9 Å². The Kier molecular flexibility index (Phi) is 7.17. The van der Waals surface area contributed by atoms with Gasteiger partial charge in [0.25, 0.3) is 5.91 Å². The first kappa shape index (κ1) is 23.4. The topological polar surface area (TPSA) is 83.5 Å². The number of benzene rings is 1. The summed E-state index contributed by atoms with van der Waals surface area (Å²) in [5.41, 5.74) is -1.62. The number of carbonyl (C=O) groups is 1. The predicted octanol–water partition coefficient (Wildman–Crippen LogP) is 4.05. The van der Waals surface area contributed by atoms with E-state index in [2.05, 4.69) is 31.5 Å². The lowest BCUT2D eigenvalue weighted by atomic mass is 10.0. The van der Waals surface area contributed by atoms with Crippen molar-refractivity contribution in [2.24, 2.45) is 0 Å². The van der Waals surface area contributed by atoms with Gasteiger partial charge in [-0.1, -0.05) is 12.1 Å². The first-order valence-electron chi connectivity index (χ1n) is 9.42. The Morgan fingerprint density at radius 2 is 2.13 bits per heavy atom. The number of hydrogen-bond acceptors (Lipinski definition) is 5. The van der Waals surface area contributed by atoms with Gasteiger partial charge >= 0.3 is 6.18 Å². The van der Waals surface area contributed by atoms with E-state index in [1.807, 2.05) is 0 Å². The number of pyridine rings is 1. The minimum Gasteiger partial charge on any atom is -0.391 e. The van der Waals surface area contributed by atoms with Gasteiger partial charge in [0, 0.05) is 22.8 Å². The van der Waals surface area contributed by atoms with Crippen LogP contribution in [0.25, 0.3) is 0 Å². The zero-order valence-electron chi connectivity index (χ0n) is 16.3. The van der Waals surface area contributed by atoms with Crippen molar-refractivity contribution in [1.29, 1.82) is 0 Å². The molecule has 1 amide bonds. The number of aliphatic hydroxyl groups excluding tert-OH is 1. The van der Waals surface area contributed by atoms with E-state index in [9.17, 15) is 27.5 Å². The zero-order chi connectivity index (χ0) is 22.8. The van der Waals surface area contributed by atoms with Crippen LogP contribution < -0.4 is 10.6 Å². The largest absolute Gasteiger partial charge is 0.419 e. The number of nitrogens with zero attached hydrogens (tertiary/aromatic N) is 1. The number of halogens is 5. The van der Waals surface area contributed by atoms with E-state index < -0.39 is 41.7 Å². The summed E-state index contributed by atoms with van der Waals surface area (Å²) in [7, 11) is 0. The molecular weight excluding hydrogens is 486 g/mol. The molecule has 3 rings (SSSR count). The van der Waals surface area contributed by atoms with Gasteiger partial charge in [0.2, 0.25) is 0 Å². The van der Waals surface area contributed by atoms with Crippen LogP contribution in [0.15, 0.2) is 34.9 Å². The van der Waals surface area contributed by atoms with Gasteiger partial charge in [0.1, 0.15) is 11.6 Å². The molecule has 1 aliphatic heterocycles. The van der Waals surface area contributed by atoms with Gasteiger partial charge in [-0.05, 0) is 41.4 Å². The highest BCUT2D eigenvalue weighted by molar-refractivity contribution is 9.10. The molecule has 0 radical (unpaired) electrons. The van der Waals surface area contributed by atoms with Crippen molar-refractivity contribution in [2.45, 2.75) is 37.7 Å². The van der Waals surface area contributed by atoms with Gasteiger partial charge in [-0.2, -0.15) is 13.2 Å². The predicted molar refractivity (Wildman–Crippen MR) is 108 cm³/mol. The summed E-state index contributed by atoms with van der Waals surface area (Å²) in [5.74, 6) is -1.95. The number of aromatic nitrogens is 1. The van der Waals surface area contributed by atoms with Crippen LogP contribution in [0.4, 0.5) is 23.4 Å². The van der Waals surface area contributed by atoms with Crippen LogP contribution in [-0.4, -0.2) is 41.4 Å². The Balaban J connectivity index is 1.83. The molecule has 0 aliphatic carbocycles. The maximum atomic E-state index is 14.4. The minimum atomic E-state index is -4.85. The number of aliphatic hydroxyl groups is 1. The van der Waals surface area contributed by atoms with Gasteiger partial charge in [-0.25, -0.2) is 9.37 Å². The Labute approximate surface area is 184 Å². The minimum absolute atomic E-state index is 0.0754. The van der Waals surface area contributed by atoms with Crippen LogP contribution in [0.3, 0.4) is 0 Å². The fraction of sp³-hybridized carbons (Fsp3) is 0.400. The summed E-state index contributed by atoms with van der Waals surface area (Å²) >= 11 is 3.23. The SMILES string of the molecule is C[C@@H](NC(=O)c1cc(Br)cnc1N[C@@H]1COCC[C@H]1O)c1cccc(C(F)(F)F)c1F. The lowest BCUT2D eigenvalue weighted by Crippen LogP contribution is -2.43. The number of carbonyl (C=O) groups excluding carboxylic acids is 1. The second-order valence-electron chi connectivity index (χ2n) is 7.13. The normalized spacial score (nSPS) is 20.2. The molecule has 11 heteroatoms. The van der Waals surface area contributed by atoms with Crippen molar-refractivity contribution in [3.05, 3.63) is 57.4 Å². The number of nitrogens with one attached hydrogen (secondary N) is 2. The number of hydrogen-bond donors (Lipinski definition) is 3. The third-order valence-electron chi connectivity index (χ3n) is 4.89. The van der Waals surface area contributed by atoms with Gasteiger partial charge in [0.15, 0.2) is 0 Å². The molecule has 6 nitrogen and oxygen atoms in total. The molecule has 0 saturated carbocycles. The average molecular weight is 506 g/mol. The Morgan fingerprint density at radius 3 is 2.81 bits per heavy atom. The molecule has 0 bridgehead atoms. The second-order valence-corrected chi connectivity index (χ2v) is 8.05. The maximum absolute atomic E-state index is 14.4. The second kappa shape index (κ2) is 9.49. The van der Waals surface area contributed by atoms with Crippen LogP contribution in [0.2, 0.25) is 0 Å². The molecule has 1 fully saturated rings. The fourth-order valence-corrected chi connectivity index (χ4v) is 3.55. The summed E-state index contributed by atoms with van der Waals surface area (Å²) in [6, 6.07) is 2.84. The molecule has 1 aromatic carbocycles. The quantitative estimate of drug-likeness (QED) is 0.534. The fourth-order valence-electron chi connectivity index (χ4n) is 3.22. The van der Waals surface area contributed by atoms with Crippen LogP contribution in [0, 0.1) is 5.82 Å². The Bertz CT molecular complexity index is 958. The molecule has 3 N–H and O–H groups in total. The monoisotopic (exact) mass is 505 g/mol. The van der Waals surface area contributed by atoms with E-state index in [1.54, 1.807) is 0 Å². The smallest absolute Gasteiger partial charge is 0.391 e. The van der Waals surface area contributed by atoms with Crippen molar-refractivity contribution < 1.29 is 32.2 Å². The third kappa shape index (κ3) is 5.52. The van der Waals surface area contributed by atoms with Crippen molar-refractivity contribution in [2.75, 3.05) is 18.5 Å². The molecule has 168 valence electrons. The molecule has 1 saturated heterocycles. The lowest BCUT2D eigenvalue weighted by molar-refractivity contribution is -0.140. The van der Waals surface area contributed by atoms with E-state index >= 15 is 0 Å². The Morgan fingerprint density at radius 1 is 1.39 bits per heavy atom. The van der Waals surface area contributed by atoms with E-state index in [4.69, 9.17) is 4.74 Å². The van der Waals surface area contributed by atoms with Crippen molar-refractivity contribution in [3.63, 3.8) is 0 Å². The molecule has 1 aromatic heterocycles. The summed E-state index contributed by atoms with van der Waals surface area (Å²) in [5, 5.41) is 15.6. The molecule has 2 heterocycles. The van der Waals surface area contributed by atoms with Crippen LogP contribution in [0.5, 0.6) is 0 Å². The number of rotatable bonds is 5. The van der Waals surface area contributed by atoms with Crippen LogP contribution in [-0.2, 0) is 10.9 Å². The molecular formula is C20H20BrF4N3O3. The Hall–Kier alpha value is -2.24. The third-order valence-corrected chi connectivity index (χ3v) is 5.32. The first-order valence-corrected chi connectivity index (χ1v) is 10.2. The number of amides is 1. The highest BCUT2D eigenvalue weighted by Crippen LogP contribution is 2.34. The van der Waals surface area contributed by atoms with E-state index in [0.29, 0.717) is 23.6 Å². The molecule has 31 heavy (non-hydrogen) atoms. The summed E-state index contributed by atoms with van der Waals surface area (Å²) in [6.45, 7) is 2.01. The van der Waals surface area contributed by atoms with Gasteiger partial charge < -0.3 is 20.5 Å². The van der Waals surface area contributed by atoms with Gasteiger partial charge in [-0.15, -0.1) is 0 Å². The average Bonchev–Trinajstić information content (AvgIpc) is 2.70. The van der Waals surface area contributed by atoms with Crippen LogP contribution >= 0.6 is 15.9 Å². The summed E-state index contributed by atoms with van der Waals surface area (Å²) < 4.78 is 59.2. The molecule has 1 aliphatic rings. The lowest BCUT2D eigenvalue weighted by Gasteiger charge is -2.29. The van der Waals surface area contributed by atoms with Gasteiger partial charge in [-0.3, -0.25) is 4.79 Å². The highest BCUT2D eigenvalue weighted by atomic mass is 79.9. The van der Waals surface area contributed by atoms with Crippen molar-refractivity contribution in [1.82, 2.24) is 10.3 Å². The van der Waals surface area contributed by atoms with E-state index in [1.165, 1.54) is 25.3 Å². The zero-order valence-corrected chi connectivity index (χ0v) is 17.9. The number of ether oxygens (including phenoxy) is 1. The maximum Gasteiger partial charge on any atom is 0.419 e. The van der Waals surface area contributed by atoms with E-state index in [-0.39, 0.29) is 23.6 Å².